The number of rotatable bonds is 3. The van der Waals surface area contributed by atoms with E-state index in [1.54, 1.807) is 17.4 Å². The Hall–Kier alpha value is -1.19. The summed E-state index contributed by atoms with van der Waals surface area (Å²) < 4.78 is 13.2. The van der Waals surface area contributed by atoms with Gasteiger partial charge >= 0.3 is 0 Å². The van der Waals surface area contributed by atoms with E-state index in [1.165, 1.54) is 12.1 Å². The van der Waals surface area contributed by atoms with Gasteiger partial charge in [-0.3, -0.25) is 0 Å². The van der Waals surface area contributed by atoms with E-state index in [2.05, 4.69) is 0 Å². The molecule has 0 amide bonds. The summed E-state index contributed by atoms with van der Waals surface area (Å²) >= 11 is 1.61. The maximum atomic E-state index is 13.2. The number of nitrogens with two attached hydrogens (primary N) is 1. The van der Waals surface area contributed by atoms with Gasteiger partial charge in [0, 0.05) is 0 Å². The Morgan fingerprint density at radius 3 is 2.69 bits per heavy atom. The molecule has 1 nitrogen and oxygen atoms in total. The molecule has 3 heteroatoms. The lowest BCUT2D eigenvalue weighted by molar-refractivity contribution is 0.514. The Labute approximate surface area is 98.7 Å². The Bertz CT molecular complexity index is 467. The van der Waals surface area contributed by atoms with Crippen LogP contribution in [0.5, 0.6) is 0 Å². The predicted octanol–water partition coefficient (Wildman–Crippen LogP) is 3.50. The van der Waals surface area contributed by atoms with E-state index < -0.39 is 5.54 Å². The van der Waals surface area contributed by atoms with Gasteiger partial charge in [0.25, 0.3) is 0 Å². The minimum Gasteiger partial charge on any atom is -0.318 e. The molecule has 0 radical (unpaired) electrons. The van der Waals surface area contributed by atoms with Gasteiger partial charge in [-0.05, 0) is 46.5 Å². The standard InChI is InChI=1S/C13H14FNS/c1-2-13(15,11-6-7-16-9-11)10-4-3-5-12(14)8-10/h3-9H,2,15H2,1H3. The number of hydrogen-bond donors (Lipinski definition) is 1. The van der Waals surface area contributed by atoms with Crippen LogP contribution in [0.15, 0.2) is 41.1 Å². The topological polar surface area (TPSA) is 26.0 Å². The van der Waals surface area contributed by atoms with Gasteiger partial charge in [0.2, 0.25) is 0 Å². The van der Waals surface area contributed by atoms with Crippen molar-refractivity contribution < 1.29 is 4.39 Å². The maximum Gasteiger partial charge on any atom is 0.123 e. The Morgan fingerprint density at radius 2 is 2.12 bits per heavy atom. The Balaban J connectivity index is 2.50. The second-order valence-corrected chi connectivity index (χ2v) is 4.63. The lowest BCUT2D eigenvalue weighted by atomic mass is 9.83. The summed E-state index contributed by atoms with van der Waals surface area (Å²) in [6.07, 6.45) is 0.743. The second kappa shape index (κ2) is 4.36. The molecule has 1 aromatic carbocycles. The van der Waals surface area contributed by atoms with E-state index in [4.69, 9.17) is 5.73 Å². The van der Waals surface area contributed by atoms with Crippen molar-refractivity contribution in [2.45, 2.75) is 18.9 Å². The van der Waals surface area contributed by atoms with Crippen molar-refractivity contribution in [2.75, 3.05) is 0 Å². The molecule has 0 aliphatic heterocycles. The highest BCUT2D eigenvalue weighted by atomic mass is 32.1. The first-order chi connectivity index (χ1) is 7.66. The first-order valence-corrected chi connectivity index (χ1v) is 6.18. The number of halogens is 1. The zero-order chi connectivity index (χ0) is 11.6. The smallest absolute Gasteiger partial charge is 0.123 e. The number of benzene rings is 1. The lowest BCUT2D eigenvalue weighted by Crippen LogP contribution is -2.36. The van der Waals surface area contributed by atoms with Gasteiger partial charge in [0.05, 0.1) is 5.54 Å². The van der Waals surface area contributed by atoms with E-state index in [1.807, 2.05) is 29.8 Å². The van der Waals surface area contributed by atoms with Crippen LogP contribution in [0.2, 0.25) is 0 Å². The molecule has 0 spiro atoms. The third-order valence-corrected chi connectivity index (χ3v) is 3.62. The van der Waals surface area contributed by atoms with Gasteiger partial charge in [-0.2, -0.15) is 11.3 Å². The molecule has 1 unspecified atom stereocenters. The van der Waals surface area contributed by atoms with Crippen LogP contribution < -0.4 is 5.73 Å². The molecule has 84 valence electrons. The van der Waals surface area contributed by atoms with Crippen LogP contribution in [0.3, 0.4) is 0 Å². The summed E-state index contributed by atoms with van der Waals surface area (Å²) in [6.45, 7) is 2.02. The first kappa shape index (κ1) is 11.3. The predicted molar refractivity (Wildman–Crippen MR) is 66.0 cm³/mol. The van der Waals surface area contributed by atoms with Crippen molar-refractivity contribution in [3.05, 3.63) is 58.0 Å². The molecule has 0 saturated carbocycles. The molecule has 0 aliphatic rings. The summed E-state index contributed by atoms with van der Waals surface area (Å²) in [7, 11) is 0. The van der Waals surface area contributed by atoms with Crippen molar-refractivity contribution in [2.24, 2.45) is 5.73 Å². The van der Waals surface area contributed by atoms with E-state index in [9.17, 15) is 4.39 Å². The van der Waals surface area contributed by atoms with Crippen LogP contribution in [0.4, 0.5) is 4.39 Å². The van der Waals surface area contributed by atoms with Gasteiger partial charge < -0.3 is 5.73 Å². The molecule has 0 bridgehead atoms. The van der Waals surface area contributed by atoms with E-state index >= 15 is 0 Å². The molecular weight excluding hydrogens is 221 g/mol. The Morgan fingerprint density at radius 1 is 1.31 bits per heavy atom. The molecule has 0 saturated heterocycles. The van der Waals surface area contributed by atoms with Crippen molar-refractivity contribution in [3.63, 3.8) is 0 Å². The summed E-state index contributed by atoms with van der Waals surface area (Å²) in [4.78, 5) is 0. The van der Waals surface area contributed by atoms with E-state index in [-0.39, 0.29) is 5.82 Å². The van der Waals surface area contributed by atoms with Crippen LogP contribution in [0, 0.1) is 5.82 Å². The first-order valence-electron chi connectivity index (χ1n) is 5.24. The monoisotopic (exact) mass is 235 g/mol. The van der Waals surface area contributed by atoms with Crippen molar-refractivity contribution in [1.82, 2.24) is 0 Å². The summed E-state index contributed by atoms with van der Waals surface area (Å²) in [5.41, 5.74) is 7.69. The highest BCUT2D eigenvalue weighted by Crippen LogP contribution is 2.31. The third-order valence-electron chi connectivity index (χ3n) is 2.93. The molecule has 1 aromatic heterocycles. The molecule has 16 heavy (non-hydrogen) atoms. The van der Waals surface area contributed by atoms with Crippen LogP contribution in [0.25, 0.3) is 0 Å². The fraction of sp³-hybridized carbons (Fsp3) is 0.231. The van der Waals surface area contributed by atoms with Crippen molar-refractivity contribution in [3.8, 4) is 0 Å². The molecule has 0 aliphatic carbocycles. The fourth-order valence-electron chi connectivity index (χ4n) is 1.86. The molecule has 1 heterocycles. The number of thiophene rings is 1. The largest absolute Gasteiger partial charge is 0.318 e. The highest BCUT2D eigenvalue weighted by molar-refractivity contribution is 7.08. The van der Waals surface area contributed by atoms with Crippen LogP contribution >= 0.6 is 11.3 Å². The normalized spacial score (nSPS) is 14.7. The highest BCUT2D eigenvalue weighted by Gasteiger charge is 2.28. The van der Waals surface area contributed by atoms with Gasteiger partial charge in [-0.25, -0.2) is 4.39 Å². The molecule has 2 aromatic rings. The quantitative estimate of drug-likeness (QED) is 0.865. The van der Waals surface area contributed by atoms with E-state index in [0.717, 1.165) is 17.5 Å². The number of hydrogen-bond acceptors (Lipinski definition) is 2. The van der Waals surface area contributed by atoms with Crippen LogP contribution in [-0.4, -0.2) is 0 Å². The Kier molecular flexibility index (Phi) is 3.08. The minimum absolute atomic E-state index is 0.240. The molecular formula is C13H14FNS. The minimum atomic E-state index is -0.581. The molecule has 1 atom stereocenters. The van der Waals surface area contributed by atoms with Crippen LogP contribution in [0.1, 0.15) is 24.5 Å². The molecule has 2 rings (SSSR count). The maximum absolute atomic E-state index is 13.2. The average molecular weight is 235 g/mol. The van der Waals surface area contributed by atoms with Gasteiger partial charge in [0.15, 0.2) is 0 Å². The lowest BCUT2D eigenvalue weighted by Gasteiger charge is -2.28. The van der Waals surface area contributed by atoms with Crippen LogP contribution in [-0.2, 0) is 5.54 Å². The fourth-order valence-corrected chi connectivity index (χ4v) is 2.60. The summed E-state index contributed by atoms with van der Waals surface area (Å²) in [5, 5.41) is 4.01. The average Bonchev–Trinajstić information content (AvgIpc) is 2.82. The van der Waals surface area contributed by atoms with Gasteiger partial charge in [0.1, 0.15) is 5.82 Å². The second-order valence-electron chi connectivity index (χ2n) is 3.85. The zero-order valence-corrected chi connectivity index (χ0v) is 9.93. The third kappa shape index (κ3) is 1.88. The zero-order valence-electron chi connectivity index (χ0n) is 9.11. The van der Waals surface area contributed by atoms with Crippen molar-refractivity contribution in [1.29, 1.82) is 0 Å². The van der Waals surface area contributed by atoms with E-state index in [0.29, 0.717) is 0 Å². The SMILES string of the molecule is CCC(N)(c1ccsc1)c1cccc(F)c1. The van der Waals surface area contributed by atoms with Gasteiger partial charge in [-0.15, -0.1) is 0 Å². The molecule has 2 N–H and O–H groups in total. The summed E-state index contributed by atoms with van der Waals surface area (Å²) in [5.74, 6) is -0.240. The van der Waals surface area contributed by atoms with Crippen molar-refractivity contribution >= 4 is 11.3 Å². The van der Waals surface area contributed by atoms with Gasteiger partial charge in [-0.1, -0.05) is 19.1 Å². The summed E-state index contributed by atoms with van der Waals surface area (Å²) in [6, 6.07) is 8.53. The molecule has 0 fully saturated rings.